The highest BCUT2D eigenvalue weighted by Gasteiger charge is 2.30. The molecule has 5 rings (SSSR count). The van der Waals surface area contributed by atoms with Gasteiger partial charge in [0.2, 0.25) is 0 Å². The highest BCUT2D eigenvalue weighted by atomic mass is 19.4. The second-order valence-corrected chi connectivity index (χ2v) is 9.05. The van der Waals surface area contributed by atoms with Gasteiger partial charge in [-0.05, 0) is 60.9 Å². The van der Waals surface area contributed by atoms with E-state index < -0.39 is 11.7 Å². The molecule has 0 radical (unpaired) electrons. The fourth-order valence-electron chi connectivity index (χ4n) is 4.58. The zero-order valence-electron chi connectivity index (χ0n) is 20.2. The molecule has 4 aromatic rings. The standard InChI is InChI=1S/C28H26F3N3O3/c1-36-25-16-20(8-11-24(25)37-17-18-6-9-21(10-7-18)28(29,30)31)27(35)34-14-12-19(13-15-34)26-32-22-4-2-3-5-23(22)33-26/h2-11,16,19H,12-15,17H2,1H3,(H,32,33). The molecular weight excluding hydrogens is 483 g/mol. The van der Waals surface area contributed by atoms with Crippen molar-refractivity contribution in [2.45, 2.75) is 31.5 Å². The van der Waals surface area contributed by atoms with Gasteiger partial charge in [-0.2, -0.15) is 13.2 Å². The predicted molar refractivity (Wildman–Crippen MR) is 133 cm³/mol. The Bertz CT molecular complexity index is 1360. The monoisotopic (exact) mass is 509 g/mol. The topological polar surface area (TPSA) is 67.5 Å². The lowest BCUT2D eigenvalue weighted by atomic mass is 9.95. The summed E-state index contributed by atoms with van der Waals surface area (Å²) in [6, 6.07) is 17.7. The quantitative estimate of drug-likeness (QED) is 0.337. The summed E-state index contributed by atoms with van der Waals surface area (Å²) < 4.78 is 49.5. The van der Waals surface area contributed by atoms with E-state index >= 15 is 0 Å². The van der Waals surface area contributed by atoms with Gasteiger partial charge in [-0.25, -0.2) is 4.98 Å². The van der Waals surface area contributed by atoms with Gasteiger partial charge < -0.3 is 19.4 Å². The molecule has 3 aromatic carbocycles. The van der Waals surface area contributed by atoms with Crippen LogP contribution in [-0.2, 0) is 12.8 Å². The number of imidazole rings is 1. The fraction of sp³-hybridized carbons (Fsp3) is 0.286. The first kappa shape index (κ1) is 24.7. The molecule has 0 bridgehead atoms. The number of aromatic amines is 1. The van der Waals surface area contributed by atoms with Crippen molar-refractivity contribution in [2.75, 3.05) is 20.2 Å². The first-order valence-electron chi connectivity index (χ1n) is 12.0. The Morgan fingerprint density at radius 3 is 2.43 bits per heavy atom. The molecule has 0 saturated carbocycles. The lowest BCUT2D eigenvalue weighted by molar-refractivity contribution is -0.137. The summed E-state index contributed by atoms with van der Waals surface area (Å²) in [6.07, 6.45) is -2.75. The number of hydrogen-bond acceptors (Lipinski definition) is 4. The molecule has 0 atom stereocenters. The Hall–Kier alpha value is -4.01. The van der Waals surface area contributed by atoms with E-state index in [1.807, 2.05) is 29.2 Å². The van der Waals surface area contributed by atoms with Crippen LogP contribution in [0, 0.1) is 0 Å². The minimum Gasteiger partial charge on any atom is -0.493 e. The third-order valence-corrected chi connectivity index (χ3v) is 6.66. The molecular formula is C28H26F3N3O3. The van der Waals surface area contributed by atoms with Gasteiger partial charge in [0.25, 0.3) is 5.91 Å². The van der Waals surface area contributed by atoms with Gasteiger partial charge >= 0.3 is 6.18 Å². The highest BCUT2D eigenvalue weighted by Crippen LogP contribution is 2.33. The fourth-order valence-corrected chi connectivity index (χ4v) is 4.58. The minimum absolute atomic E-state index is 0.0666. The number of nitrogens with zero attached hydrogens (tertiary/aromatic N) is 2. The van der Waals surface area contributed by atoms with E-state index in [4.69, 9.17) is 14.5 Å². The third-order valence-electron chi connectivity index (χ3n) is 6.66. The smallest absolute Gasteiger partial charge is 0.416 e. The van der Waals surface area contributed by atoms with Crippen LogP contribution >= 0.6 is 0 Å². The Morgan fingerprint density at radius 2 is 1.76 bits per heavy atom. The number of fused-ring (bicyclic) bond motifs is 1. The van der Waals surface area contributed by atoms with E-state index in [2.05, 4.69) is 4.98 Å². The van der Waals surface area contributed by atoms with Gasteiger partial charge in [0.1, 0.15) is 12.4 Å². The number of aromatic nitrogens is 2. The second-order valence-electron chi connectivity index (χ2n) is 9.05. The van der Waals surface area contributed by atoms with E-state index in [1.54, 1.807) is 18.2 Å². The van der Waals surface area contributed by atoms with Crippen molar-refractivity contribution >= 4 is 16.9 Å². The number of carbonyl (C=O) groups is 1. The number of likely N-dealkylation sites (tertiary alicyclic amines) is 1. The Kier molecular flexibility index (Phi) is 6.78. The van der Waals surface area contributed by atoms with Crippen LogP contribution in [0.25, 0.3) is 11.0 Å². The molecule has 192 valence electrons. The Morgan fingerprint density at radius 1 is 1.03 bits per heavy atom. The van der Waals surface area contributed by atoms with Crippen molar-refractivity contribution in [1.82, 2.24) is 14.9 Å². The summed E-state index contributed by atoms with van der Waals surface area (Å²) in [5.74, 6) is 1.93. The molecule has 1 N–H and O–H groups in total. The first-order valence-corrected chi connectivity index (χ1v) is 12.0. The predicted octanol–water partition coefficient (Wildman–Crippen LogP) is 6.19. The number of alkyl halides is 3. The highest BCUT2D eigenvalue weighted by molar-refractivity contribution is 5.95. The molecule has 1 fully saturated rings. The molecule has 1 aromatic heterocycles. The molecule has 2 heterocycles. The molecule has 1 saturated heterocycles. The van der Waals surface area contributed by atoms with Crippen molar-refractivity contribution in [3.63, 3.8) is 0 Å². The van der Waals surface area contributed by atoms with Gasteiger partial charge in [-0.3, -0.25) is 4.79 Å². The van der Waals surface area contributed by atoms with Crippen LogP contribution < -0.4 is 9.47 Å². The lowest BCUT2D eigenvalue weighted by Gasteiger charge is -2.31. The van der Waals surface area contributed by atoms with Crippen molar-refractivity contribution in [2.24, 2.45) is 0 Å². The number of benzene rings is 3. The van der Waals surface area contributed by atoms with E-state index in [0.717, 1.165) is 41.8 Å². The molecule has 1 aliphatic heterocycles. The van der Waals surface area contributed by atoms with Crippen LogP contribution in [-0.4, -0.2) is 41.0 Å². The van der Waals surface area contributed by atoms with Gasteiger partial charge in [-0.1, -0.05) is 24.3 Å². The average molecular weight is 510 g/mol. The number of piperidine rings is 1. The maximum Gasteiger partial charge on any atom is 0.416 e. The molecule has 1 aliphatic rings. The number of halogens is 3. The van der Waals surface area contributed by atoms with Crippen LogP contribution in [0.5, 0.6) is 11.5 Å². The van der Waals surface area contributed by atoms with Gasteiger partial charge in [0, 0.05) is 24.6 Å². The number of H-pyrrole nitrogens is 1. The number of para-hydroxylation sites is 2. The van der Waals surface area contributed by atoms with Crippen LogP contribution in [0.3, 0.4) is 0 Å². The van der Waals surface area contributed by atoms with Crippen molar-refractivity contribution in [3.05, 3.63) is 89.2 Å². The molecule has 6 nitrogen and oxygen atoms in total. The maximum absolute atomic E-state index is 13.2. The van der Waals surface area contributed by atoms with E-state index in [0.29, 0.717) is 35.7 Å². The molecule has 0 aliphatic carbocycles. The summed E-state index contributed by atoms with van der Waals surface area (Å²) >= 11 is 0. The van der Waals surface area contributed by atoms with E-state index in [1.165, 1.54) is 19.2 Å². The van der Waals surface area contributed by atoms with Crippen LogP contribution in [0.15, 0.2) is 66.7 Å². The second kappa shape index (κ2) is 10.2. The van der Waals surface area contributed by atoms with Gasteiger partial charge in [-0.15, -0.1) is 0 Å². The van der Waals surface area contributed by atoms with Crippen molar-refractivity contribution < 1.29 is 27.4 Å². The van der Waals surface area contributed by atoms with Gasteiger partial charge in [0.15, 0.2) is 11.5 Å². The lowest BCUT2D eigenvalue weighted by Crippen LogP contribution is -2.38. The number of ether oxygens (including phenoxy) is 2. The van der Waals surface area contributed by atoms with Crippen LogP contribution in [0.2, 0.25) is 0 Å². The number of methoxy groups -OCH3 is 1. The SMILES string of the molecule is COc1cc(C(=O)N2CCC(c3nc4ccccc4[nH]3)CC2)ccc1OCc1ccc(C(F)(F)F)cc1. The summed E-state index contributed by atoms with van der Waals surface area (Å²) in [5.41, 5.74) is 2.33. The van der Waals surface area contributed by atoms with Crippen LogP contribution in [0.1, 0.15) is 46.1 Å². The Labute approximate surface area is 212 Å². The van der Waals surface area contributed by atoms with Crippen molar-refractivity contribution in [3.8, 4) is 11.5 Å². The molecule has 37 heavy (non-hydrogen) atoms. The zero-order chi connectivity index (χ0) is 26.0. The number of hydrogen-bond donors (Lipinski definition) is 1. The number of amides is 1. The minimum atomic E-state index is -4.38. The number of nitrogens with one attached hydrogen (secondary N) is 1. The zero-order valence-corrected chi connectivity index (χ0v) is 20.2. The molecule has 0 spiro atoms. The van der Waals surface area contributed by atoms with Crippen LogP contribution in [0.4, 0.5) is 13.2 Å². The third kappa shape index (κ3) is 5.40. The van der Waals surface area contributed by atoms with Gasteiger partial charge in [0.05, 0.1) is 23.7 Å². The molecule has 9 heteroatoms. The summed E-state index contributed by atoms with van der Waals surface area (Å²) in [7, 11) is 1.48. The summed E-state index contributed by atoms with van der Waals surface area (Å²) in [4.78, 5) is 23.1. The van der Waals surface area contributed by atoms with Crippen molar-refractivity contribution in [1.29, 1.82) is 0 Å². The number of rotatable bonds is 6. The normalized spacial score (nSPS) is 14.6. The molecule has 0 unspecified atom stereocenters. The summed E-state index contributed by atoms with van der Waals surface area (Å²) in [5, 5.41) is 0. The maximum atomic E-state index is 13.2. The average Bonchev–Trinajstić information content (AvgIpc) is 3.36. The first-order chi connectivity index (χ1) is 17.8. The van der Waals surface area contributed by atoms with E-state index in [-0.39, 0.29) is 18.4 Å². The molecule has 1 amide bonds. The summed E-state index contributed by atoms with van der Waals surface area (Å²) in [6.45, 7) is 1.31. The number of carbonyl (C=O) groups excluding carboxylic acids is 1. The Balaban J connectivity index is 1.20. The van der Waals surface area contributed by atoms with E-state index in [9.17, 15) is 18.0 Å². The largest absolute Gasteiger partial charge is 0.493 e.